The molecule has 1 saturated heterocycles. The number of hydrogen-bond donors (Lipinski definition) is 1. The van der Waals surface area contributed by atoms with Crippen LogP contribution in [0.4, 0.5) is 0 Å². The van der Waals surface area contributed by atoms with Gasteiger partial charge < -0.3 is 9.84 Å². The molecular formula is C27H30ClN3O2. The Labute approximate surface area is 200 Å². The molecule has 4 rings (SSSR count). The fraction of sp³-hybridized carbons (Fsp3) is 0.407. The van der Waals surface area contributed by atoms with Crippen molar-refractivity contribution in [1.29, 1.82) is 0 Å². The van der Waals surface area contributed by atoms with Gasteiger partial charge in [0.1, 0.15) is 5.75 Å². The molecule has 1 aliphatic heterocycles. The van der Waals surface area contributed by atoms with Gasteiger partial charge in [-0.1, -0.05) is 23.4 Å². The number of methoxy groups -OCH3 is 1. The first-order valence-electron chi connectivity index (χ1n) is 11.5. The van der Waals surface area contributed by atoms with Gasteiger partial charge in [0, 0.05) is 36.1 Å². The summed E-state index contributed by atoms with van der Waals surface area (Å²) in [5, 5.41) is 12.0. The van der Waals surface area contributed by atoms with E-state index < -0.39 is 0 Å². The van der Waals surface area contributed by atoms with Crippen LogP contribution in [0.5, 0.6) is 5.75 Å². The Hall–Kier alpha value is -2.65. The Bertz CT molecular complexity index is 1130. The van der Waals surface area contributed by atoms with Crippen LogP contribution in [0.25, 0.3) is 10.9 Å². The lowest BCUT2D eigenvalue weighted by molar-refractivity contribution is 0.0401. The lowest BCUT2D eigenvalue weighted by atomic mass is 9.75. The van der Waals surface area contributed by atoms with Crippen LogP contribution in [0.15, 0.2) is 48.9 Å². The number of nitrogens with zero attached hydrogens (tertiary/aromatic N) is 3. The van der Waals surface area contributed by atoms with Gasteiger partial charge in [0.2, 0.25) is 0 Å². The van der Waals surface area contributed by atoms with Gasteiger partial charge in [0.05, 0.1) is 24.2 Å². The molecule has 3 heterocycles. The summed E-state index contributed by atoms with van der Waals surface area (Å²) in [5.41, 5.74) is 2.95. The van der Waals surface area contributed by atoms with Crippen molar-refractivity contribution in [3.05, 3.63) is 65.1 Å². The molecule has 1 fully saturated rings. The molecule has 3 aromatic rings. The van der Waals surface area contributed by atoms with E-state index in [0.717, 1.165) is 79.5 Å². The molecule has 0 bridgehead atoms. The molecule has 172 valence electrons. The number of aryl methyl sites for hydroxylation is 1. The van der Waals surface area contributed by atoms with Crippen molar-refractivity contribution in [2.75, 3.05) is 33.4 Å². The summed E-state index contributed by atoms with van der Waals surface area (Å²) in [6.07, 6.45) is 10.0. The smallest absolute Gasteiger partial charge is 0.119 e. The van der Waals surface area contributed by atoms with E-state index in [9.17, 15) is 5.11 Å². The van der Waals surface area contributed by atoms with Crippen molar-refractivity contribution in [3.63, 3.8) is 0 Å². The number of hydrogen-bond acceptors (Lipinski definition) is 5. The number of aliphatic hydroxyl groups is 1. The number of rotatable bonds is 7. The van der Waals surface area contributed by atoms with E-state index in [-0.39, 0.29) is 12.0 Å². The maximum atomic E-state index is 10.2. The fourth-order valence-corrected chi connectivity index (χ4v) is 4.83. The zero-order valence-corrected chi connectivity index (χ0v) is 19.8. The summed E-state index contributed by atoms with van der Waals surface area (Å²) >= 11 is 6.52. The standard InChI is InChI=1S/C27H30ClN3O2/c1-33-22-8-9-26-24(17-22)23(25(28)19-30-26)7-2-10-27(20-32)11-15-31(16-12-27)14-4-6-21-5-3-13-29-18-21/h3,5,8-9,13,17-19,32H,2,7,10-12,14-16,20H2,1H3. The summed E-state index contributed by atoms with van der Waals surface area (Å²) < 4.78 is 5.39. The zero-order chi connectivity index (χ0) is 23.1. The van der Waals surface area contributed by atoms with Crippen LogP contribution in [0.3, 0.4) is 0 Å². The van der Waals surface area contributed by atoms with Crippen LogP contribution >= 0.6 is 11.6 Å². The molecule has 5 nitrogen and oxygen atoms in total. The third kappa shape index (κ3) is 5.83. The van der Waals surface area contributed by atoms with Gasteiger partial charge in [0.15, 0.2) is 0 Å². The highest BCUT2D eigenvalue weighted by atomic mass is 35.5. The van der Waals surface area contributed by atoms with Crippen LogP contribution in [0, 0.1) is 17.3 Å². The molecule has 33 heavy (non-hydrogen) atoms. The van der Waals surface area contributed by atoms with Gasteiger partial charge >= 0.3 is 0 Å². The number of ether oxygens (including phenoxy) is 1. The van der Waals surface area contributed by atoms with Crippen molar-refractivity contribution >= 4 is 22.5 Å². The predicted molar refractivity (Wildman–Crippen MR) is 133 cm³/mol. The van der Waals surface area contributed by atoms with Crippen molar-refractivity contribution in [3.8, 4) is 17.6 Å². The number of aromatic nitrogens is 2. The third-order valence-corrected chi connectivity index (χ3v) is 7.04. The van der Waals surface area contributed by atoms with Gasteiger partial charge in [-0.2, -0.15) is 0 Å². The summed E-state index contributed by atoms with van der Waals surface area (Å²) in [5.74, 6) is 7.24. The van der Waals surface area contributed by atoms with E-state index in [1.54, 1.807) is 25.7 Å². The summed E-state index contributed by atoms with van der Waals surface area (Å²) in [6.45, 7) is 2.88. The maximum absolute atomic E-state index is 10.2. The minimum absolute atomic E-state index is 0.0275. The quantitative estimate of drug-likeness (QED) is 0.513. The first kappa shape index (κ1) is 23.5. The van der Waals surface area contributed by atoms with Crippen LogP contribution in [0.2, 0.25) is 5.02 Å². The van der Waals surface area contributed by atoms with Crippen molar-refractivity contribution in [1.82, 2.24) is 14.9 Å². The second-order valence-electron chi connectivity index (χ2n) is 8.80. The molecule has 0 saturated carbocycles. The monoisotopic (exact) mass is 463 g/mol. The molecule has 0 amide bonds. The van der Waals surface area contributed by atoms with Crippen LogP contribution < -0.4 is 4.74 Å². The van der Waals surface area contributed by atoms with E-state index in [1.165, 1.54) is 0 Å². The molecule has 6 heteroatoms. The second kappa shape index (κ2) is 11.0. The normalized spacial score (nSPS) is 15.7. The molecule has 0 unspecified atom stereocenters. The first-order valence-corrected chi connectivity index (χ1v) is 11.8. The number of likely N-dealkylation sites (tertiary alicyclic amines) is 1. The van der Waals surface area contributed by atoms with Gasteiger partial charge in [0.25, 0.3) is 0 Å². The minimum Gasteiger partial charge on any atom is -0.497 e. The maximum Gasteiger partial charge on any atom is 0.119 e. The fourth-order valence-electron chi connectivity index (χ4n) is 4.59. The minimum atomic E-state index is -0.0275. The van der Waals surface area contributed by atoms with E-state index in [2.05, 4.69) is 26.7 Å². The third-order valence-electron chi connectivity index (χ3n) is 6.72. The lowest BCUT2D eigenvalue weighted by Gasteiger charge is -2.40. The number of pyridine rings is 2. The number of benzene rings is 1. The highest BCUT2D eigenvalue weighted by Crippen LogP contribution is 2.37. The van der Waals surface area contributed by atoms with Crippen molar-refractivity contribution in [2.45, 2.75) is 32.1 Å². The second-order valence-corrected chi connectivity index (χ2v) is 9.21. The number of aliphatic hydroxyl groups excluding tert-OH is 1. The molecule has 0 spiro atoms. The molecule has 0 atom stereocenters. The average molecular weight is 464 g/mol. The lowest BCUT2D eigenvalue weighted by Crippen LogP contribution is -2.42. The van der Waals surface area contributed by atoms with Crippen LogP contribution in [-0.2, 0) is 6.42 Å². The largest absolute Gasteiger partial charge is 0.497 e. The highest BCUT2D eigenvalue weighted by Gasteiger charge is 2.33. The van der Waals surface area contributed by atoms with E-state index in [0.29, 0.717) is 5.02 Å². The molecule has 1 aromatic carbocycles. The Kier molecular flexibility index (Phi) is 7.82. The number of halogens is 1. The molecular weight excluding hydrogens is 434 g/mol. The van der Waals surface area contributed by atoms with Gasteiger partial charge in [-0.05, 0) is 86.5 Å². The molecule has 0 radical (unpaired) electrons. The van der Waals surface area contributed by atoms with Crippen LogP contribution in [-0.4, -0.2) is 53.3 Å². The highest BCUT2D eigenvalue weighted by molar-refractivity contribution is 6.32. The van der Waals surface area contributed by atoms with Gasteiger partial charge in [-0.25, -0.2) is 0 Å². The van der Waals surface area contributed by atoms with E-state index in [4.69, 9.17) is 16.3 Å². The topological polar surface area (TPSA) is 58.5 Å². The van der Waals surface area contributed by atoms with Crippen LogP contribution in [0.1, 0.15) is 36.8 Å². The Morgan fingerprint density at radius 1 is 1.21 bits per heavy atom. The Morgan fingerprint density at radius 2 is 2.06 bits per heavy atom. The number of piperidine rings is 1. The van der Waals surface area contributed by atoms with Crippen molar-refractivity contribution < 1.29 is 9.84 Å². The summed E-state index contributed by atoms with van der Waals surface area (Å²) in [6, 6.07) is 9.77. The predicted octanol–water partition coefficient (Wildman–Crippen LogP) is 4.74. The van der Waals surface area contributed by atoms with Gasteiger partial charge in [-0.3, -0.25) is 14.9 Å². The van der Waals surface area contributed by atoms with E-state index in [1.807, 2.05) is 30.3 Å². The Morgan fingerprint density at radius 3 is 2.79 bits per heavy atom. The van der Waals surface area contributed by atoms with Gasteiger partial charge in [-0.15, -0.1) is 0 Å². The van der Waals surface area contributed by atoms with Crippen molar-refractivity contribution in [2.24, 2.45) is 5.41 Å². The average Bonchev–Trinajstić information content (AvgIpc) is 2.86. The molecule has 2 aromatic heterocycles. The summed E-state index contributed by atoms with van der Waals surface area (Å²) in [7, 11) is 1.67. The first-order chi connectivity index (χ1) is 16.1. The van der Waals surface area contributed by atoms with E-state index >= 15 is 0 Å². The molecule has 0 aliphatic carbocycles. The Balaban J connectivity index is 1.34. The number of fused-ring (bicyclic) bond motifs is 1. The molecule has 1 aliphatic rings. The SMILES string of the molecule is COc1ccc2ncc(Cl)c(CCCC3(CO)CCN(CC#Cc4cccnc4)CC3)c2c1. The summed E-state index contributed by atoms with van der Waals surface area (Å²) in [4.78, 5) is 10.9. The zero-order valence-electron chi connectivity index (χ0n) is 19.1. The molecule has 1 N–H and O–H groups in total.